The van der Waals surface area contributed by atoms with E-state index in [4.69, 9.17) is 0 Å². The Balaban J connectivity index is 2.52. The second-order valence-electron chi connectivity index (χ2n) is 5.57. The van der Waals surface area contributed by atoms with Crippen molar-refractivity contribution in [2.75, 3.05) is 0 Å². The molecule has 0 aliphatic heterocycles. The number of hydrogen-bond donors (Lipinski definition) is 1. The van der Waals surface area contributed by atoms with E-state index in [1.54, 1.807) is 6.08 Å². The summed E-state index contributed by atoms with van der Waals surface area (Å²) in [5.74, 6) is 0.324. The lowest BCUT2D eigenvalue weighted by Gasteiger charge is -2.53. The summed E-state index contributed by atoms with van der Waals surface area (Å²) in [4.78, 5) is 12.0. The Morgan fingerprint density at radius 1 is 1.33 bits per heavy atom. The third kappa shape index (κ3) is 1.06. The normalized spacial score (nSPS) is 50.2. The highest BCUT2D eigenvalue weighted by atomic mass is 16.3. The Bertz CT molecular complexity index is 322. The average Bonchev–Trinajstić information content (AvgIpc) is 2.44. The van der Waals surface area contributed by atoms with E-state index in [1.807, 2.05) is 6.92 Å². The van der Waals surface area contributed by atoms with Gasteiger partial charge in [0.05, 0.1) is 5.60 Å². The summed E-state index contributed by atoms with van der Waals surface area (Å²) in [6.45, 7) is 7.83. The van der Waals surface area contributed by atoms with E-state index >= 15 is 0 Å². The molecule has 0 aromatic heterocycles. The van der Waals surface area contributed by atoms with E-state index in [-0.39, 0.29) is 10.8 Å². The van der Waals surface area contributed by atoms with Gasteiger partial charge in [0, 0.05) is 17.3 Å². The highest BCUT2D eigenvalue weighted by Crippen LogP contribution is 2.62. The number of aliphatic hydroxyl groups is 1. The van der Waals surface area contributed by atoms with Crippen molar-refractivity contribution < 1.29 is 9.90 Å². The van der Waals surface area contributed by atoms with E-state index in [0.717, 1.165) is 25.7 Å². The summed E-state index contributed by atoms with van der Waals surface area (Å²) < 4.78 is 0. The van der Waals surface area contributed by atoms with Gasteiger partial charge in [-0.25, -0.2) is 0 Å². The molecule has 3 atom stereocenters. The number of hydrogen-bond acceptors (Lipinski definition) is 2. The Labute approximate surface area is 91.4 Å². The van der Waals surface area contributed by atoms with Gasteiger partial charge in [0.1, 0.15) is 5.78 Å². The maximum Gasteiger partial charge on any atom is 0.139 e. The van der Waals surface area contributed by atoms with E-state index in [2.05, 4.69) is 13.5 Å². The summed E-state index contributed by atoms with van der Waals surface area (Å²) in [6, 6.07) is 0. The minimum absolute atomic E-state index is 0.308. The van der Waals surface area contributed by atoms with E-state index in [1.165, 1.54) is 0 Å². The third-order valence-corrected chi connectivity index (χ3v) is 5.21. The summed E-state index contributed by atoms with van der Waals surface area (Å²) in [7, 11) is 0. The Hall–Kier alpha value is -0.630. The summed E-state index contributed by atoms with van der Waals surface area (Å²) >= 11 is 0. The van der Waals surface area contributed by atoms with E-state index < -0.39 is 5.60 Å². The molecule has 0 radical (unpaired) electrons. The van der Waals surface area contributed by atoms with Crippen LogP contribution in [0.25, 0.3) is 0 Å². The van der Waals surface area contributed by atoms with Gasteiger partial charge in [0.15, 0.2) is 0 Å². The summed E-state index contributed by atoms with van der Waals surface area (Å²) in [5, 5.41) is 10.6. The van der Waals surface area contributed by atoms with Crippen molar-refractivity contribution in [1.82, 2.24) is 0 Å². The molecule has 0 amide bonds. The van der Waals surface area contributed by atoms with Gasteiger partial charge in [-0.3, -0.25) is 4.79 Å². The fraction of sp³-hybridized carbons (Fsp3) is 0.769. The lowest BCUT2D eigenvalue weighted by atomic mass is 9.52. The molecule has 0 aromatic rings. The van der Waals surface area contributed by atoms with Crippen molar-refractivity contribution in [2.24, 2.45) is 10.8 Å². The van der Waals surface area contributed by atoms with E-state index in [0.29, 0.717) is 12.2 Å². The zero-order valence-electron chi connectivity index (χ0n) is 9.68. The molecule has 0 spiro atoms. The van der Waals surface area contributed by atoms with Crippen molar-refractivity contribution in [3.63, 3.8) is 0 Å². The summed E-state index contributed by atoms with van der Waals surface area (Å²) in [6.07, 6.45) is 5.64. The van der Waals surface area contributed by atoms with Crippen LogP contribution in [0.2, 0.25) is 0 Å². The first-order chi connectivity index (χ1) is 6.90. The van der Waals surface area contributed by atoms with Crippen LogP contribution >= 0.6 is 0 Å². The van der Waals surface area contributed by atoms with Crippen LogP contribution in [0.3, 0.4) is 0 Å². The first-order valence-corrected chi connectivity index (χ1v) is 5.79. The van der Waals surface area contributed by atoms with Crippen LogP contribution in [0.4, 0.5) is 0 Å². The van der Waals surface area contributed by atoms with Gasteiger partial charge in [-0.1, -0.05) is 19.9 Å². The molecule has 0 aromatic carbocycles. The molecule has 2 fully saturated rings. The maximum atomic E-state index is 12.0. The predicted molar refractivity (Wildman–Crippen MR) is 59.5 cm³/mol. The summed E-state index contributed by atoms with van der Waals surface area (Å²) in [5.41, 5.74) is -1.50. The molecule has 2 heteroatoms. The monoisotopic (exact) mass is 208 g/mol. The van der Waals surface area contributed by atoms with Crippen molar-refractivity contribution in [2.45, 2.75) is 51.6 Å². The fourth-order valence-electron chi connectivity index (χ4n) is 3.65. The van der Waals surface area contributed by atoms with Gasteiger partial charge in [0.25, 0.3) is 0 Å². The molecule has 0 unspecified atom stereocenters. The molecule has 2 rings (SSSR count). The quantitative estimate of drug-likeness (QED) is 0.672. The van der Waals surface area contributed by atoms with Gasteiger partial charge >= 0.3 is 0 Å². The molecule has 2 nitrogen and oxygen atoms in total. The zero-order chi connectivity index (χ0) is 11.3. The number of Topliss-reactive ketones (excluding diaryl/α,β-unsaturated/α-hetero) is 1. The van der Waals surface area contributed by atoms with Gasteiger partial charge in [-0.05, 0) is 25.7 Å². The minimum Gasteiger partial charge on any atom is -0.385 e. The molecule has 2 aliphatic rings. The highest BCUT2D eigenvalue weighted by Gasteiger charge is 2.64. The zero-order valence-corrected chi connectivity index (χ0v) is 9.68. The number of carbonyl (C=O) groups excluding carboxylic acids is 1. The van der Waals surface area contributed by atoms with Crippen LogP contribution in [0.15, 0.2) is 12.7 Å². The van der Waals surface area contributed by atoms with Gasteiger partial charge in [-0.15, -0.1) is 6.58 Å². The van der Waals surface area contributed by atoms with Crippen molar-refractivity contribution in [1.29, 1.82) is 0 Å². The second kappa shape index (κ2) is 2.94. The smallest absolute Gasteiger partial charge is 0.139 e. The lowest BCUT2D eigenvalue weighted by Crippen LogP contribution is -2.56. The SMILES string of the molecule is C=C[C@]1(O)CCC[C@]2(C)C(=O)CC[C@]12C. The molecule has 84 valence electrons. The van der Waals surface area contributed by atoms with Crippen molar-refractivity contribution in [3.05, 3.63) is 12.7 Å². The van der Waals surface area contributed by atoms with Gasteiger partial charge in [-0.2, -0.15) is 0 Å². The van der Waals surface area contributed by atoms with Crippen molar-refractivity contribution >= 4 is 5.78 Å². The number of ketones is 1. The van der Waals surface area contributed by atoms with Crippen LogP contribution in [-0.2, 0) is 4.79 Å². The lowest BCUT2D eigenvalue weighted by molar-refractivity contribution is -0.151. The molecule has 1 N–H and O–H groups in total. The molecule has 0 bridgehead atoms. The highest BCUT2D eigenvalue weighted by molar-refractivity contribution is 5.88. The molecule has 0 saturated heterocycles. The molecule has 2 aliphatic carbocycles. The first-order valence-electron chi connectivity index (χ1n) is 5.79. The Morgan fingerprint density at radius 3 is 2.60 bits per heavy atom. The average molecular weight is 208 g/mol. The Morgan fingerprint density at radius 2 is 2.00 bits per heavy atom. The molecule has 2 saturated carbocycles. The first kappa shape index (κ1) is 10.9. The number of fused-ring (bicyclic) bond motifs is 1. The standard InChI is InChI=1S/C13H20O2/c1-4-13(15)8-5-7-11(2)10(14)6-9-12(11,13)3/h4,15H,1,5-9H2,2-3H3/t11-,12+,13+/m1/s1. The fourth-order valence-corrected chi connectivity index (χ4v) is 3.65. The number of carbonyl (C=O) groups is 1. The van der Waals surface area contributed by atoms with Crippen LogP contribution in [-0.4, -0.2) is 16.5 Å². The van der Waals surface area contributed by atoms with Gasteiger partial charge < -0.3 is 5.11 Å². The predicted octanol–water partition coefficient (Wildman–Crippen LogP) is 2.46. The van der Waals surface area contributed by atoms with Crippen LogP contribution < -0.4 is 0 Å². The molecule has 15 heavy (non-hydrogen) atoms. The topological polar surface area (TPSA) is 37.3 Å². The Kier molecular flexibility index (Phi) is 2.13. The molecule has 0 heterocycles. The maximum absolute atomic E-state index is 12.0. The molecular weight excluding hydrogens is 188 g/mol. The third-order valence-electron chi connectivity index (χ3n) is 5.21. The minimum atomic E-state index is -0.855. The molecular formula is C13H20O2. The number of rotatable bonds is 1. The largest absolute Gasteiger partial charge is 0.385 e. The van der Waals surface area contributed by atoms with Crippen molar-refractivity contribution in [3.8, 4) is 0 Å². The van der Waals surface area contributed by atoms with E-state index in [9.17, 15) is 9.90 Å². The van der Waals surface area contributed by atoms with Crippen LogP contribution in [0.1, 0.15) is 46.0 Å². The second-order valence-corrected chi connectivity index (χ2v) is 5.57. The van der Waals surface area contributed by atoms with Gasteiger partial charge in [0.2, 0.25) is 0 Å². The van der Waals surface area contributed by atoms with Crippen LogP contribution in [0.5, 0.6) is 0 Å². The van der Waals surface area contributed by atoms with Crippen LogP contribution in [0, 0.1) is 10.8 Å².